The number of nitrogen functional groups attached to an aromatic ring is 1. The molecule has 25 heteroatoms. The molecular weight excluding hydrogens is 978 g/mol. The number of thiazole rings is 2. The van der Waals surface area contributed by atoms with E-state index in [1.54, 1.807) is 84.3 Å². The van der Waals surface area contributed by atoms with E-state index < -0.39 is 11.9 Å². The Morgan fingerprint density at radius 1 is 0.705 bits per heavy atom. The van der Waals surface area contributed by atoms with Gasteiger partial charge in [-0.3, -0.25) is 0 Å². The molecule has 0 aliphatic carbocycles. The molecular formula is C36H27BrCl4N14O4S2. The molecule has 0 unspecified atom stereocenters. The number of benzene rings is 2. The summed E-state index contributed by atoms with van der Waals surface area (Å²) >= 11 is 30.4. The molecule has 0 bridgehead atoms. The third kappa shape index (κ3) is 10.6. The molecule has 0 radical (unpaired) electrons. The fraction of sp³-hybridized carbons (Fsp3) is 0.111. The van der Waals surface area contributed by atoms with Crippen LogP contribution in [0, 0.1) is 0 Å². The van der Waals surface area contributed by atoms with Gasteiger partial charge in [0, 0.05) is 37.6 Å². The molecule has 6 heterocycles. The molecule has 0 amide bonds. The molecule has 0 aliphatic rings. The van der Waals surface area contributed by atoms with Gasteiger partial charge in [0.15, 0.2) is 20.7 Å². The van der Waals surface area contributed by atoms with Gasteiger partial charge in [-0.1, -0.05) is 69.9 Å². The number of nitrogens with zero attached hydrogens (tertiary/aromatic N) is 12. The van der Waals surface area contributed by atoms with Crippen LogP contribution in [0.25, 0.3) is 43.9 Å². The van der Waals surface area contributed by atoms with Gasteiger partial charge >= 0.3 is 11.9 Å². The number of hydrogen-bond acceptors (Lipinski definition) is 18. The number of nitrogens with one attached hydrogen (secondary N) is 1. The number of aromatic nitrogens is 12. The molecule has 6 aromatic heterocycles. The van der Waals surface area contributed by atoms with Crippen LogP contribution in [0.5, 0.6) is 0 Å². The second-order valence-electron chi connectivity index (χ2n) is 11.8. The number of nitrogens with two attached hydrogens (primary N) is 1. The van der Waals surface area contributed by atoms with Crippen molar-refractivity contribution in [2.24, 2.45) is 14.1 Å². The lowest BCUT2D eigenvalue weighted by Crippen LogP contribution is -2.06. The average Bonchev–Trinajstić information content (AvgIpc) is 4.07. The van der Waals surface area contributed by atoms with Crippen molar-refractivity contribution >= 4 is 114 Å². The first-order valence-corrected chi connectivity index (χ1v) is 20.9. The second kappa shape index (κ2) is 20.3. The number of tetrazole rings is 2. The van der Waals surface area contributed by atoms with Gasteiger partial charge in [0.05, 0.1) is 45.7 Å². The number of hydrogen-bond donors (Lipinski definition) is 2. The van der Waals surface area contributed by atoms with Crippen LogP contribution in [0.2, 0.25) is 20.1 Å². The zero-order valence-corrected chi connectivity index (χ0v) is 38.0. The third-order valence-corrected chi connectivity index (χ3v) is 11.9. The number of methoxy groups -OCH3 is 2. The summed E-state index contributed by atoms with van der Waals surface area (Å²) in [6.07, 6.45) is 3.08. The number of aryl methyl sites for hydroxylation is 2. The van der Waals surface area contributed by atoms with Gasteiger partial charge in [-0.15, -0.1) is 21.5 Å². The lowest BCUT2D eigenvalue weighted by Gasteiger charge is -2.06. The molecule has 8 aromatic rings. The van der Waals surface area contributed by atoms with Crippen molar-refractivity contribution in [3.63, 3.8) is 0 Å². The van der Waals surface area contributed by atoms with Crippen LogP contribution in [-0.2, 0) is 23.6 Å². The van der Waals surface area contributed by atoms with Crippen molar-refractivity contribution in [2.45, 2.75) is 0 Å². The Kier molecular flexibility index (Phi) is 14.9. The molecule has 0 aliphatic heterocycles. The molecule has 61 heavy (non-hydrogen) atoms. The van der Waals surface area contributed by atoms with Crippen molar-refractivity contribution in [1.82, 2.24) is 60.4 Å². The second-order valence-corrected chi connectivity index (χ2v) is 16.7. The number of rotatable bonds is 8. The zero-order chi connectivity index (χ0) is 43.8. The highest BCUT2D eigenvalue weighted by atomic mass is 79.9. The van der Waals surface area contributed by atoms with Crippen LogP contribution in [0.3, 0.4) is 0 Å². The zero-order valence-electron chi connectivity index (χ0n) is 31.7. The van der Waals surface area contributed by atoms with Gasteiger partial charge in [-0.2, -0.15) is 0 Å². The smallest absolute Gasteiger partial charge is 0.341 e. The van der Waals surface area contributed by atoms with E-state index in [-0.39, 0.29) is 11.4 Å². The van der Waals surface area contributed by atoms with Crippen LogP contribution in [0.1, 0.15) is 20.7 Å². The predicted octanol–water partition coefficient (Wildman–Crippen LogP) is 8.75. The molecule has 0 atom stereocenters. The Bertz CT molecular complexity index is 2850. The average molecular weight is 1010 g/mol. The highest BCUT2D eigenvalue weighted by Gasteiger charge is 2.23. The molecule has 18 nitrogen and oxygen atoms in total. The maximum absolute atomic E-state index is 12.0. The van der Waals surface area contributed by atoms with Gasteiger partial charge in [-0.05, 0) is 85.3 Å². The predicted molar refractivity (Wildman–Crippen MR) is 237 cm³/mol. The van der Waals surface area contributed by atoms with E-state index in [0.29, 0.717) is 58.8 Å². The van der Waals surface area contributed by atoms with E-state index in [2.05, 4.69) is 77.0 Å². The first-order valence-electron chi connectivity index (χ1n) is 16.9. The van der Waals surface area contributed by atoms with Crippen LogP contribution in [0.4, 0.5) is 16.8 Å². The van der Waals surface area contributed by atoms with E-state index in [4.69, 9.17) is 56.9 Å². The molecule has 0 saturated heterocycles. The number of anilines is 3. The van der Waals surface area contributed by atoms with E-state index in [1.165, 1.54) is 43.1 Å². The summed E-state index contributed by atoms with van der Waals surface area (Å²) in [5.74, 6) is 0.714. The van der Waals surface area contributed by atoms with Gasteiger partial charge in [0.2, 0.25) is 0 Å². The van der Waals surface area contributed by atoms with Crippen LogP contribution < -0.4 is 11.1 Å². The fourth-order valence-corrected chi connectivity index (χ4v) is 8.16. The van der Waals surface area contributed by atoms with E-state index >= 15 is 0 Å². The standard InChI is InChI=1S/C18H13Cl2N7O2S.C11H6BrCl2N5S.C7H8N2O2/c1-27-16(24-25-26-27)14-13(9-5-6-11(19)12(20)8-9)22-18(30-14)23-15-10(17(28)29-2)4-3-7-21-15;1-19-10(16-17-18-19)9-8(15-11(12)20-9)5-2-3-6(13)7(14)4-5;1-11-7(10)5-3-2-4-9-6(5)8/h3-8H,1-2H3,(H,21,22,23);2-4H,1H3;2-4H,1H3,(H2,8,9). The van der Waals surface area contributed by atoms with E-state index in [0.717, 1.165) is 25.6 Å². The summed E-state index contributed by atoms with van der Waals surface area (Å²) in [6, 6.07) is 17.1. The Balaban J connectivity index is 0.000000172. The molecule has 0 spiro atoms. The topological polar surface area (TPSA) is 229 Å². The normalized spacial score (nSPS) is 10.6. The SMILES string of the molecule is COC(=O)c1cccnc1N.COC(=O)c1cccnc1Nc1nc(-c2ccc(Cl)c(Cl)c2)c(-c2nnnn2C)s1.Cn1nnnc1-c1sc(Br)nc1-c1ccc(Cl)c(Cl)c1. The summed E-state index contributed by atoms with van der Waals surface area (Å²) in [7, 11) is 6.12. The largest absolute Gasteiger partial charge is 0.465 e. The Labute approximate surface area is 382 Å². The van der Waals surface area contributed by atoms with Gasteiger partial charge in [0.1, 0.15) is 32.5 Å². The minimum atomic E-state index is -0.510. The van der Waals surface area contributed by atoms with Gasteiger partial charge < -0.3 is 20.5 Å². The minimum Gasteiger partial charge on any atom is -0.465 e. The Hall–Kier alpha value is -5.68. The van der Waals surface area contributed by atoms with Crippen molar-refractivity contribution in [1.29, 1.82) is 0 Å². The lowest BCUT2D eigenvalue weighted by atomic mass is 10.1. The fourth-order valence-electron chi connectivity index (χ4n) is 5.07. The first-order chi connectivity index (χ1) is 29.3. The van der Waals surface area contributed by atoms with E-state index in [1.807, 2.05) is 6.07 Å². The van der Waals surface area contributed by atoms with Crippen LogP contribution in [0.15, 0.2) is 77.0 Å². The summed E-state index contributed by atoms with van der Waals surface area (Å²) in [6.45, 7) is 0. The number of halogens is 5. The molecule has 2 aromatic carbocycles. The summed E-state index contributed by atoms with van der Waals surface area (Å²) in [5.41, 5.74) is 8.94. The number of ether oxygens (including phenoxy) is 2. The highest BCUT2D eigenvalue weighted by Crippen LogP contribution is 2.41. The summed E-state index contributed by atoms with van der Waals surface area (Å²) in [4.78, 5) is 41.6. The van der Waals surface area contributed by atoms with Gasteiger partial charge in [-0.25, -0.2) is 38.9 Å². The molecule has 8 rings (SSSR count). The van der Waals surface area contributed by atoms with Crippen LogP contribution in [-0.4, -0.2) is 86.5 Å². The first kappa shape index (κ1) is 44.9. The Morgan fingerprint density at radius 2 is 1.21 bits per heavy atom. The number of carbonyl (C=O) groups is 2. The maximum Gasteiger partial charge on any atom is 0.341 e. The Morgan fingerprint density at radius 3 is 1.72 bits per heavy atom. The van der Waals surface area contributed by atoms with Crippen LogP contribution >= 0.6 is 85.0 Å². The molecule has 3 N–H and O–H groups in total. The van der Waals surface area contributed by atoms with E-state index in [9.17, 15) is 9.59 Å². The quantitative estimate of drug-likeness (QED) is 0.136. The molecule has 0 fully saturated rings. The lowest BCUT2D eigenvalue weighted by molar-refractivity contribution is 0.0592. The summed E-state index contributed by atoms with van der Waals surface area (Å²) < 4.78 is 13.2. The third-order valence-electron chi connectivity index (χ3n) is 7.94. The van der Waals surface area contributed by atoms with Crippen molar-refractivity contribution in [3.05, 3.63) is 108 Å². The highest BCUT2D eigenvalue weighted by molar-refractivity contribution is 9.11. The number of esters is 2. The minimum absolute atomic E-state index is 0.194. The number of carbonyl (C=O) groups excluding carboxylic acids is 2. The summed E-state index contributed by atoms with van der Waals surface area (Å²) in [5, 5.41) is 28.6. The van der Waals surface area contributed by atoms with Gasteiger partial charge in [0.25, 0.3) is 0 Å². The van der Waals surface area contributed by atoms with Crippen molar-refractivity contribution < 1.29 is 19.1 Å². The molecule has 312 valence electrons. The monoisotopic (exact) mass is 1000 g/mol. The number of pyridine rings is 2. The van der Waals surface area contributed by atoms with Crippen molar-refractivity contribution in [2.75, 3.05) is 25.3 Å². The van der Waals surface area contributed by atoms with Crippen molar-refractivity contribution in [3.8, 4) is 43.9 Å². The maximum atomic E-state index is 12.0. The molecule has 0 saturated carbocycles.